The van der Waals surface area contributed by atoms with E-state index in [1.54, 1.807) is 12.1 Å². The molecule has 26 heavy (non-hydrogen) atoms. The van der Waals surface area contributed by atoms with E-state index < -0.39 is 0 Å². The highest BCUT2D eigenvalue weighted by molar-refractivity contribution is 5.53. The van der Waals surface area contributed by atoms with Crippen LogP contribution < -0.4 is 5.32 Å². The van der Waals surface area contributed by atoms with E-state index in [1.807, 2.05) is 0 Å². The number of ether oxygens (including phenoxy) is 1. The van der Waals surface area contributed by atoms with Gasteiger partial charge in [0.1, 0.15) is 12.6 Å². The van der Waals surface area contributed by atoms with Crippen LogP contribution in [0.4, 0.5) is 5.69 Å². The van der Waals surface area contributed by atoms with Crippen molar-refractivity contribution < 1.29 is 15.0 Å². The number of nitrogens with zero attached hydrogens (tertiary/aromatic N) is 1. The molecule has 2 aromatic carbocycles. The fraction of sp³-hybridized carbons (Fsp3) is 0.333. The third-order valence-electron chi connectivity index (χ3n) is 4.80. The maximum atomic E-state index is 10.8. The summed E-state index contributed by atoms with van der Waals surface area (Å²) in [4.78, 5) is 10.4. The molecule has 0 amide bonds. The summed E-state index contributed by atoms with van der Waals surface area (Å²) in [6, 6.07) is 15.2. The Bertz CT molecular complexity index is 795. The van der Waals surface area contributed by atoms with Gasteiger partial charge in [-0.1, -0.05) is 38.1 Å². The van der Waals surface area contributed by atoms with Gasteiger partial charge in [0, 0.05) is 17.7 Å². The topological polar surface area (TPSA) is 69.0 Å². The minimum atomic E-state index is -0.383. The molecular weight excluding hydrogens is 328 g/mol. The molecule has 136 valence electrons. The minimum absolute atomic E-state index is 0.0278. The van der Waals surface area contributed by atoms with Gasteiger partial charge in [-0.05, 0) is 47.7 Å². The number of hydrogen-bond acceptors (Lipinski definition) is 3. The fourth-order valence-corrected chi connectivity index (χ4v) is 3.18. The molecule has 0 spiro atoms. The van der Waals surface area contributed by atoms with Crippen LogP contribution in [0.3, 0.4) is 0 Å². The zero-order valence-corrected chi connectivity index (χ0v) is 15.4. The van der Waals surface area contributed by atoms with Crippen molar-refractivity contribution in [2.75, 3.05) is 6.54 Å². The molecule has 0 bridgehead atoms. The van der Waals surface area contributed by atoms with Crippen molar-refractivity contribution >= 4 is 11.8 Å². The van der Waals surface area contributed by atoms with Crippen LogP contribution in [-0.2, 0) is 4.74 Å². The maximum absolute atomic E-state index is 10.8. The van der Waals surface area contributed by atoms with Gasteiger partial charge in [-0.2, -0.15) is 0 Å². The van der Waals surface area contributed by atoms with Crippen molar-refractivity contribution in [2.45, 2.75) is 39.0 Å². The number of nitrogens with two attached hydrogens (primary N) is 1. The predicted octanol–water partition coefficient (Wildman–Crippen LogP) is 3.78. The Morgan fingerprint density at radius 2 is 1.85 bits per heavy atom. The van der Waals surface area contributed by atoms with Gasteiger partial charge < -0.3 is 10.1 Å². The molecule has 0 radical (unpaired) electrons. The lowest BCUT2D eigenvalue weighted by molar-refractivity contribution is -0.681. The van der Waals surface area contributed by atoms with Gasteiger partial charge in [0.2, 0.25) is 6.23 Å². The van der Waals surface area contributed by atoms with Gasteiger partial charge in [0.15, 0.2) is 0 Å². The first-order chi connectivity index (χ1) is 12.4. The summed E-state index contributed by atoms with van der Waals surface area (Å²) in [6.45, 7) is 7.27. The number of quaternary nitrogens is 1. The molecule has 5 nitrogen and oxygen atoms in total. The molecule has 2 atom stereocenters. The molecule has 2 N–H and O–H groups in total. The zero-order valence-electron chi connectivity index (χ0n) is 15.4. The first-order valence-corrected chi connectivity index (χ1v) is 8.95. The molecule has 3 rings (SSSR count). The average molecular weight is 353 g/mol. The summed E-state index contributed by atoms with van der Waals surface area (Å²) in [6.07, 6.45) is 2.08. The van der Waals surface area contributed by atoms with Crippen molar-refractivity contribution in [3.8, 4) is 0 Å². The molecule has 1 aliphatic rings. The SMILES string of the molecule is C/C(=C\c1ccc(C(C)C)cc1)[C@@H]1[NH2+]C[C@H](c2ccc([N+](=O)[O-])cc2)O1. The zero-order chi connectivity index (χ0) is 18.7. The molecule has 0 saturated carbocycles. The third kappa shape index (κ3) is 4.18. The summed E-state index contributed by atoms with van der Waals surface area (Å²) in [5.74, 6) is 0.531. The Hall–Kier alpha value is -2.50. The van der Waals surface area contributed by atoms with Crippen LogP contribution in [-0.4, -0.2) is 17.7 Å². The van der Waals surface area contributed by atoms with Gasteiger partial charge >= 0.3 is 0 Å². The van der Waals surface area contributed by atoms with E-state index >= 15 is 0 Å². The van der Waals surface area contributed by atoms with Crippen LogP contribution in [0.1, 0.15) is 49.5 Å². The molecule has 1 heterocycles. The number of nitro benzene ring substituents is 1. The van der Waals surface area contributed by atoms with Gasteiger partial charge in [-0.15, -0.1) is 0 Å². The van der Waals surface area contributed by atoms with Crippen LogP contribution >= 0.6 is 0 Å². The Balaban J connectivity index is 1.66. The van der Waals surface area contributed by atoms with Gasteiger partial charge in [0.05, 0.1) is 4.92 Å². The summed E-state index contributed by atoms with van der Waals surface area (Å²) in [5, 5.41) is 12.9. The molecular formula is C21H25N2O3+. The van der Waals surface area contributed by atoms with Crippen molar-refractivity contribution in [1.82, 2.24) is 0 Å². The van der Waals surface area contributed by atoms with Crippen LogP contribution in [0.25, 0.3) is 6.08 Å². The highest BCUT2D eigenvalue weighted by Gasteiger charge is 2.31. The summed E-state index contributed by atoms with van der Waals surface area (Å²) < 4.78 is 6.15. The van der Waals surface area contributed by atoms with Gasteiger partial charge in [0.25, 0.3) is 5.69 Å². The first kappa shape index (κ1) is 18.3. The molecule has 0 unspecified atom stereocenters. The molecule has 1 fully saturated rings. The lowest BCUT2D eigenvalue weighted by atomic mass is 10.0. The second-order valence-electron chi connectivity index (χ2n) is 7.08. The highest BCUT2D eigenvalue weighted by Crippen LogP contribution is 2.25. The van der Waals surface area contributed by atoms with Crippen molar-refractivity contribution in [3.63, 3.8) is 0 Å². The van der Waals surface area contributed by atoms with Crippen molar-refractivity contribution in [2.24, 2.45) is 0 Å². The van der Waals surface area contributed by atoms with Crippen molar-refractivity contribution in [1.29, 1.82) is 0 Å². The maximum Gasteiger partial charge on any atom is 0.269 e. The van der Waals surface area contributed by atoms with E-state index in [-0.39, 0.29) is 22.9 Å². The van der Waals surface area contributed by atoms with E-state index in [1.165, 1.54) is 23.3 Å². The Labute approximate surface area is 153 Å². The minimum Gasteiger partial charge on any atom is -0.315 e. The predicted molar refractivity (Wildman–Crippen MR) is 102 cm³/mol. The lowest BCUT2D eigenvalue weighted by Gasteiger charge is -2.11. The van der Waals surface area contributed by atoms with Crippen LogP contribution in [0, 0.1) is 10.1 Å². The molecule has 5 heteroatoms. The normalized spacial score (nSPS) is 20.5. The van der Waals surface area contributed by atoms with Crippen LogP contribution in [0.5, 0.6) is 0 Å². The number of non-ortho nitro benzene ring substituents is 1. The molecule has 1 saturated heterocycles. The van der Waals surface area contributed by atoms with Crippen molar-refractivity contribution in [3.05, 3.63) is 80.9 Å². The Kier molecular flexibility index (Phi) is 5.49. The van der Waals surface area contributed by atoms with Crippen LogP contribution in [0.2, 0.25) is 0 Å². The van der Waals surface area contributed by atoms with Crippen LogP contribution in [0.15, 0.2) is 54.1 Å². The molecule has 1 aliphatic heterocycles. The summed E-state index contributed by atoms with van der Waals surface area (Å²) in [5.41, 5.74) is 4.74. The second kappa shape index (κ2) is 7.81. The largest absolute Gasteiger partial charge is 0.315 e. The summed E-state index contributed by atoms with van der Waals surface area (Å²) >= 11 is 0. The highest BCUT2D eigenvalue weighted by atomic mass is 16.6. The van der Waals surface area contributed by atoms with E-state index in [0.29, 0.717) is 5.92 Å². The quantitative estimate of drug-likeness (QED) is 0.657. The lowest BCUT2D eigenvalue weighted by Crippen LogP contribution is -2.87. The number of nitro groups is 1. The number of rotatable bonds is 5. The molecule has 0 aromatic heterocycles. The smallest absolute Gasteiger partial charge is 0.269 e. The third-order valence-corrected chi connectivity index (χ3v) is 4.80. The first-order valence-electron chi connectivity index (χ1n) is 8.95. The van der Waals surface area contributed by atoms with E-state index in [4.69, 9.17) is 4.74 Å². The monoisotopic (exact) mass is 353 g/mol. The molecule has 0 aliphatic carbocycles. The average Bonchev–Trinajstić information content (AvgIpc) is 3.12. The van der Waals surface area contributed by atoms with Gasteiger partial charge in [-0.25, -0.2) is 0 Å². The van der Waals surface area contributed by atoms with E-state index in [9.17, 15) is 10.1 Å². The van der Waals surface area contributed by atoms with E-state index in [2.05, 4.69) is 56.4 Å². The number of hydrogen-bond donors (Lipinski definition) is 1. The summed E-state index contributed by atoms with van der Waals surface area (Å²) in [7, 11) is 0. The number of benzene rings is 2. The van der Waals surface area contributed by atoms with E-state index in [0.717, 1.165) is 17.7 Å². The standard InChI is InChI=1S/C21H24N2O3/c1-14(2)17-6-4-16(5-7-17)12-15(3)21-22-13-20(26-21)18-8-10-19(11-9-18)23(24)25/h4-12,14,20-22H,13H2,1-3H3/p+1/b15-12+/t20-,21-/m1/s1. The molecule has 2 aromatic rings. The Morgan fingerprint density at radius 1 is 1.19 bits per heavy atom. The second-order valence-corrected chi connectivity index (χ2v) is 7.08. The Morgan fingerprint density at radius 3 is 2.42 bits per heavy atom. The fourth-order valence-electron chi connectivity index (χ4n) is 3.18. The van der Waals surface area contributed by atoms with Gasteiger partial charge in [-0.3, -0.25) is 10.1 Å².